The maximum atomic E-state index is 12.7. The summed E-state index contributed by atoms with van der Waals surface area (Å²) >= 11 is 5.29. The summed E-state index contributed by atoms with van der Waals surface area (Å²) in [5.41, 5.74) is 3.53. The lowest BCUT2D eigenvalue weighted by Gasteiger charge is -2.13. The highest BCUT2D eigenvalue weighted by molar-refractivity contribution is 7.80. The summed E-state index contributed by atoms with van der Waals surface area (Å²) in [5.74, 6) is -0.345. The lowest BCUT2D eigenvalue weighted by Crippen LogP contribution is -2.32. The van der Waals surface area contributed by atoms with E-state index in [1.54, 1.807) is 23.1 Å². The summed E-state index contributed by atoms with van der Waals surface area (Å²) in [4.78, 5) is 26.6. The number of thiocarbonyl (C=S) groups is 1. The van der Waals surface area contributed by atoms with Crippen LogP contribution in [0.15, 0.2) is 54.2 Å². The standard InChI is InChI=1S/C23H25N3O3S/c1-3-29-13-5-12-26-22(28)20(25-23(26)30)15-17-6-4-7-19(14-17)24-21(27)18-10-8-16(2)9-11-18/h4,6-11,14-15H,3,5,12-13H2,1-2H3,(H,24,27)(H,25,30)/b20-15+. The van der Waals surface area contributed by atoms with Gasteiger partial charge in [0, 0.05) is 31.0 Å². The molecule has 0 bridgehead atoms. The summed E-state index contributed by atoms with van der Waals surface area (Å²) in [7, 11) is 0. The summed E-state index contributed by atoms with van der Waals surface area (Å²) in [6, 6.07) is 14.7. The zero-order chi connectivity index (χ0) is 21.5. The second-order valence-electron chi connectivity index (χ2n) is 6.94. The Hall–Kier alpha value is -3.03. The molecule has 2 amide bonds. The van der Waals surface area contributed by atoms with Gasteiger partial charge in [-0.15, -0.1) is 0 Å². The van der Waals surface area contributed by atoms with Gasteiger partial charge in [0.1, 0.15) is 5.70 Å². The minimum absolute atomic E-state index is 0.161. The van der Waals surface area contributed by atoms with Gasteiger partial charge in [0.25, 0.3) is 11.8 Å². The molecule has 156 valence electrons. The van der Waals surface area contributed by atoms with E-state index in [-0.39, 0.29) is 11.8 Å². The number of carbonyl (C=O) groups excluding carboxylic acids is 2. The van der Waals surface area contributed by atoms with Crippen molar-refractivity contribution in [3.63, 3.8) is 0 Å². The fourth-order valence-electron chi connectivity index (χ4n) is 3.02. The monoisotopic (exact) mass is 423 g/mol. The molecule has 0 aromatic heterocycles. The molecular formula is C23H25N3O3S. The van der Waals surface area contributed by atoms with Crippen LogP contribution in [0.2, 0.25) is 0 Å². The highest BCUT2D eigenvalue weighted by atomic mass is 32.1. The van der Waals surface area contributed by atoms with Crippen molar-refractivity contribution in [1.29, 1.82) is 0 Å². The first-order valence-corrected chi connectivity index (χ1v) is 10.3. The molecule has 1 aliphatic heterocycles. The van der Waals surface area contributed by atoms with Crippen LogP contribution in [0.4, 0.5) is 5.69 Å². The van der Waals surface area contributed by atoms with Gasteiger partial charge in [-0.25, -0.2) is 0 Å². The number of benzene rings is 2. The molecule has 2 aromatic carbocycles. The van der Waals surface area contributed by atoms with Crippen molar-refractivity contribution in [2.24, 2.45) is 0 Å². The zero-order valence-corrected chi connectivity index (χ0v) is 17.9. The largest absolute Gasteiger partial charge is 0.382 e. The van der Waals surface area contributed by atoms with E-state index in [9.17, 15) is 9.59 Å². The van der Waals surface area contributed by atoms with E-state index >= 15 is 0 Å². The topological polar surface area (TPSA) is 70.7 Å². The number of nitrogens with zero attached hydrogens (tertiary/aromatic N) is 1. The summed E-state index contributed by atoms with van der Waals surface area (Å²) < 4.78 is 5.32. The molecule has 1 fully saturated rings. The number of amides is 2. The molecule has 1 aliphatic rings. The van der Waals surface area contributed by atoms with Crippen molar-refractivity contribution >= 4 is 40.9 Å². The van der Waals surface area contributed by atoms with Gasteiger partial charge in [-0.05, 0) is 68.4 Å². The van der Waals surface area contributed by atoms with Crippen LogP contribution in [0, 0.1) is 6.92 Å². The van der Waals surface area contributed by atoms with Crippen molar-refractivity contribution in [3.8, 4) is 0 Å². The molecule has 6 nitrogen and oxygen atoms in total. The van der Waals surface area contributed by atoms with Gasteiger partial charge < -0.3 is 15.4 Å². The minimum Gasteiger partial charge on any atom is -0.382 e. The Bertz CT molecular complexity index is 970. The van der Waals surface area contributed by atoms with Crippen LogP contribution < -0.4 is 10.6 Å². The van der Waals surface area contributed by atoms with Crippen LogP contribution in [0.3, 0.4) is 0 Å². The Labute approximate surface area is 181 Å². The smallest absolute Gasteiger partial charge is 0.276 e. The maximum absolute atomic E-state index is 12.7. The Morgan fingerprint density at radius 3 is 2.73 bits per heavy atom. The first-order chi connectivity index (χ1) is 14.5. The Balaban J connectivity index is 1.67. The minimum atomic E-state index is -0.184. The van der Waals surface area contributed by atoms with E-state index in [1.807, 2.05) is 50.2 Å². The molecule has 1 heterocycles. The normalized spacial score (nSPS) is 14.9. The predicted octanol–water partition coefficient (Wildman–Crippen LogP) is 3.73. The fraction of sp³-hybridized carbons (Fsp3) is 0.261. The van der Waals surface area contributed by atoms with Crippen LogP contribution in [-0.4, -0.2) is 41.6 Å². The summed E-state index contributed by atoms with van der Waals surface area (Å²) in [5, 5.41) is 6.26. The summed E-state index contributed by atoms with van der Waals surface area (Å²) in [6.45, 7) is 5.66. The number of rotatable bonds is 8. The van der Waals surface area contributed by atoms with Crippen LogP contribution in [0.5, 0.6) is 0 Å². The third-order valence-electron chi connectivity index (χ3n) is 4.61. The lowest BCUT2D eigenvalue weighted by atomic mass is 10.1. The van der Waals surface area contributed by atoms with Crippen molar-refractivity contribution < 1.29 is 14.3 Å². The first kappa shape index (κ1) is 21.7. The summed E-state index contributed by atoms with van der Waals surface area (Å²) in [6.07, 6.45) is 2.45. The second kappa shape index (κ2) is 10.1. The molecule has 0 saturated carbocycles. The molecule has 0 radical (unpaired) electrons. The number of ether oxygens (including phenoxy) is 1. The van der Waals surface area contributed by atoms with Gasteiger partial charge in [-0.2, -0.15) is 0 Å². The molecule has 1 saturated heterocycles. The second-order valence-corrected chi connectivity index (χ2v) is 7.33. The van der Waals surface area contributed by atoms with Gasteiger partial charge in [-0.3, -0.25) is 14.5 Å². The quantitative estimate of drug-likeness (QED) is 0.385. The van der Waals surface area contributed by atoms with Gasteiger partial charge in [0.2, 0.25) is 0 Å². The van der Waals surface area contributed by atoms with Crippen LogP contribution in [0.1, 0.15) is 34.8 Å². The average molecular weight is 424 g/mol. The predicted molar refractivity (Wildman–Crippen MR) is 122 cm³/mol. The molecule has 2 N–H and O–H groups in total. The average Bonchev–Trinajstić information content (AvgIpc) is 2.99. The van der Waals surface area contributed by atoms with Gasteiger partial charge in [0.15, 0.2) is 5.11 Å². The molecule has 30 heavy (non-hydrogen) atoms. The van der Waals surface area contributed by atoms with Crippen LogP contribution in [-0.2, 0) is 9.53 Å². The lowest BCUT2D eigenvalue weighted by molar-refractivity contribution is -0.122. The number of aryl methyl sites for hydroxylation is 1. The first-order valence-electron chi connectivity index (χ1n) is 9.88. The van der Waals surface area contributed by atoms with E-state index in [1.165, 1.54) is 0 Å². The number of hydrogen-bond acceptors (Lipinski definition) is 4. The van der Waals surface area contributed by atoms with E-state index in [0.29, 0.717) is 41.8 Å². The Kier molecular flexibility index (Phi) is 7.32. The van der Waals surface area contributed by atoms with Gasteiger partial charge >= 0.3 is 0 Å². The highest BCUT2D eigenvalue weighted by Crippen LogP contribution is 2.18. The molecule has 0 atom stereocenters. The van der Waals surface area contributed by atoms with Crippen LogP contribution >= 0.6 is 12.2 Å². The zero-order valence-electron chi connectivity index (χ0n) is 17.1. The van der Waals surface area contributed by atoms with E-state index in [4.69, 9.17) is 17.0 Å². The van der Waals surface area contributed by atoms with E-state index in [2.05, 4.69) is 10.6 Å². The molecule has 0 spiro atoms. The number of hydrogen-bond donors (Lipinski definition) is 2. The fourth-order valence-corrected chi connectivity index (χ4v) is 3.31. The maximum Gasteiger partial charge on any atom is 0.276 e. The van der Waals surface area contributed by atoms with E-state index in [0.717, 1.165) is 17.5 Å². The Morgan fingerprint density at radius 1 is 1.23 bits per heavy atom. The van der Waals surface area contributed by atoms with Crippen molar-refractivity contribution in [1.82, 2.24) is 10.2 Å². The molecule has 7 heteroatoms. The van der Waals surface area contributed by atoms with Crippen molar-refractivity contribution in [3.05, 3.63) is 70.9 Å². The molecular weight excluding hydrogens is 398 g/mol. The van der Waals surface area contributed by atoms with Gasteiger partial charge in [0.05, 0.1) is 0 Å². The van der Waals surface area contributed by atoms with Crippen molar-refractivity contribution in [2.75, 3.05) is 25.1 Å². The number of carbonyl (C=O) groups is 2. The third-order valence-corrected chi connectivity index (χ3v) is 4.93. The number of anilines is 1. The van der Waals surface area contributed by atoms with Crippen molar-refractivity contribution in [2.45, 2.75) is 20.3 Å². The molecule has 3 rings (SSSR count). The molecule has 0 unspecified atom stereocenters. The SMILES string of the molecule is CCOCCCN1C(=O)/C(=C\c2cccc(NC(=O)c3ccc(C)cc3)c2)NC1=S. The highest BCUT2D eigenvalue weighted by Gasteiger charge is 2.29. The molecule has 2 aromatic rings. The van der Waals surface area contributed by atoms with E-state index < -0.39 is 0 Å². The van der Waals surface area contributed by atoms with Crippen LogP contribution in [0.25, 0.3) is 6.08 Å². The van der Waals surface area contributed by atoms with Gasteiger partial charge in [-0.1, -0.05) is 29.8 Å². The number of nitrogens with one attached hydrogen (secondary N) is 2. The third kappa shape index (κ3) is 5.52. The molecule has 0 aliphatic carbocycles. The Morgan fingerprint density at radius 2 is 2.00 bits per heavy atom.